The van der Waals surface area contributed by atoms with Crippen LogP contribution in [0.1, 0.15) is 34.0 Å². The lowest BCUT2D eigenvalue weighted by Gasteiger charge is -2.27. The fraction of sp³-hybridized carbons (Fsp3) is 0.321. The molecule has 0 spiro atoms. The summed E-state index contributed by atoms with van der Waals surface area (Å²) in [6.45, 7) is 6.19. The Morgan fingerprint density at radius 2 is 2.00 bits per heavy atom. The molecule has 7 nitrogen and oxygen atoms in total. The number of carbonyl (C=O) groups is 1. The third-order valence-electron chi connectivity index (χ3n) is 6.75. The molecule has 1 aliphatic heterocycles. The molecule has 2 aromatic heterocycles. The standard InChI is InChI=1S/C28H31N5O2/c1-17-11-21(12-22-16-32(3)10-9-23(17)22)25-14-30-27-26(31-25)24(13-29-27)19-5-7-20(8-6-19)28(35)33(4)15-18(2)34/h5-8,11-14,18,34H,9-10,15-16H2,1-4H3,(H,29,30). The average molecular weight is 470 g/mol. The maximum Gasteiger partial charge on any atom is 0.253 e. The molecule has 7 heteroatoms. The molecule has 0 fully saturated rings. The highest BCUT2D eigenvalue weighted by atomic mass is 16.3. The summed E-state index contributed by atoms with van der Waals surface area (Å²) in [5.74, 6) is -0.119. The fourth-order valence-corrected chi connectivity index (χ4v) is 4.95. The number of likely N-dealkylation sites (N-methyl/N-ethyl adjacent to an activating group) is 2. The van der Waals surface area contributed by atoms with Crippen LogP contribution in [0.4, 0.5) is 0 Å². The van der Waals surface area contributed by atoms with Gasteiger partial charge in [-0.3, -0.25) is 4.79 Å². The Kier molecular flexibility index (Phi) is 6.13. The van der Waals surface area contributed by atoms with Crippen molar-refractivity contribution in [3.05, 3.63) is 71.0 Å². The summed E-state index contributed by atoms with van der Waals surface area (Å²) in [6, 6.07) is 12.0. The number of hydrogen-bond donors (Lipinski definition) is 2. The Bertz CT molecular complexity index is 1390. The second kappa shape index (κ2) is 9.24. The van der Waals surface area contributed by atoms with Gasteiger partial charge in [-0.05, 0) is 73.8 Å². The first kappa shape index (κ1) is 23.2. The van der Waals surface area contributed by atoms with Gasteiger partial charge in [0, 0.05) is 49.6 Å². The quantitative estimate of drug-likeness (QED) is 0.461. The largest absolute Gasteiger partial charge is 0.392 e. The SMILES string of the molecule is Cc1cc(-c2cnc3[nH]cc(-c4ccc(C(=O)N(C)CC(C)O)cc4)c3n2)cc2c1CCN(C)C2. The van der Waals surface area contributed by atoms with Gasteiger partial charge in [-0.2, -0.15) is 0 Å². The van der Waals surface area contributed by atoms with Crippen molar-refractivity contribution < 1.29 is 9.90 Å². The summed E-state index contributed by atoms with van der Waals surface area (Å²) in [7, 11) is 3.85. The summed E-state index contributed by atoms with van der Waals surface area (Å²) in [4.78, 5) is 29.4. The minimum Gasteiger partial charge on any atom is -0.392 e. The summed E-state index contributed by atoms with van der Waals surface area (Å²) in [5.41, 5.74) is 10.1. The van der Waals surface area contributed by atoms with Crippen LogP contribution in [0.15, 0.2) is 48.8 Å². The molecule has 2 N–H and O–H groups in total. The number of amides is 1. The number of aromatic amines is 1. The van der Waals surface area contributed by atoms with E-state index in [9.17, 15) is 9.90 Å². The van der Waals surface area contributed by atoms with Crippen molar-refractivity contribution in [2.45, 2.75) is 32.9 Å². The Balaban J connectivity index is 1.47. The summed E-state index contributed by atoms with van der Waals surface area (Å²) in [6.07, 6.45) is 4.26. The highest BCUT2D eigenvalue weighted by molar-refractivity contribution is 5.96. The number of benzene rings is 2. The van der Waals surface area contributed by atoms with Gasteiger partial charge in [0.15, 0.2) is 5.65 Å². The zero-order chi connectivity index (χ0) is 24.7. The summed E-state index contributed by atoms with van der Waals surface area (Å²) in [5, 5.41) is 9.57. The molecule has 5 rings (SSSR count). The van der Waals surface area contributed by atoms with Gasteiger partial charge in [-0.15, -0.1) is 0 Å². The zero-order valence-electron chi connectivity index (χ0n) is 20.7. The molecule has 0 bridgehead atoms. The van der Waals surface area contributed by atoms with Crippen molar-refractivity contribution in [1.82, 2.24) is 24.8 Å². The number of H-pyrrole nitrogens is 1. The molecule has 180 valence electrons. The van der Waals surface area contributed by atoms with E-state index in [1.807, 2.05) is 36.7 Å². The second-order valence-corrected chi connectivity index (χ2v) is 9.69. The van der Waals surface area contributed by atoms with Crippen LogP contribution in [-0.4, -0.2) is 69.1 Å². The van der Waals surface area contributed by atoms with Crippen LogP contribution in [0.2, 0.25) is 0 Å². The average Bonchev–Trinajstić information content (AvgIpc) is 3.26. The summed E-state index contributed by atoms with van der Waals surface area (Å²) >= 11 is 0. The van der Waals surface area contributed by atoms with Gasteiger partial charge in [-0.25, -0.2) is 9.97 Å². The molecule has 35 heavy (non-hydrogen) atoms. The minimum absolute atomic E-state index is 0.119. The van der Waals surface area contributed by atoms with Crippen molar-refractivity contribution in [2.24, 2.45) is 0 Å². The van der Waals surface area contributed by atoms with E-state index >= 15 is 0 Å². The number of fused-ring (bicyclic) bond motifs is 2. The third kappa shape index (κ3) is 4.57. The van der Waals surface area contributed by atoms with E-state index < -0.39 is 6.10 Å². The smallest absolute Gasteiger partial charge is 0.253 e. The molecular formula is C28H31N5O2. The van der Waals surface area contributed by atoms with E-state index in [4.69, 9.17) is 4.98 Å². The van der Waals surface area contributed by atoms with Crippen LogP contribution < -0.4 is 0 Å². The van der Waals surface area contributed by atoms with Crippen LogP contribution in [0.25, 0.3) is 33.5 Å². The van der Waals surface area contributed by atoms with E-state index in [1.54, 1.807) is 14.0 Å². The van der Waals surface area contributed by atoms with Gasteiger partial charge in [0.25, 0.3) is 5.91 Å². The third-order valence-corrected chi connectivity index (χ3v) is 6.75. The molecule has 3 heterocycles. The Hall–Kier alpha value is -3.55. The first-order chi connectivity index (χ1) is 16.8. The second-order valence-electron chi connectivity index (χ2n) is 9.69. The number of aliphatic hydroxyl groups excluding tert-OH is 1. The first-order valence-electron chi connectivity index (χ1n) is 12.0. The number of aromatic nitrogens is 3. The molecule has 1 amide bonds. The molecule has 1 atom stereocenters. The van der Waals surface area contributed by atoms with Crippen LogP contribution in [0.5, 0.6) is 0 Å². The van der Waals surface area contributed by atoms with Gasteiger partial charge >= 0.3 is 0 Å². The maximum absolute atomic E-state index is 12.6. The maximum atomic E-state index is 12.6. The molecule has 0 saturated carbocycles. The number of rotatable bonds is 5. The van der Waals surface area contributed by atoms with E-state index in [-0.39, 0.29) is 5.91 Å². The molecule has 0 aliphatic carbocycles. The fourth-order valence-electron chi connectivity index (χ4n) is 4.95. The van der Waals surface area contributed by atoms with Gasteiger partial charge in [-0.1, -0.05) is 12.1 Å². The molecule has 4 aromatic rings. The molecule has 0 saturated heterocycles. The Labute approximate surface area is 205 Å². The van der Waals surface area contributed by atoms with Crippen molar-refractivity contribution in [1.29, 1.82) is 0 Å². The lowest BCUT2D eigenvalue weighted by atomic mass is 9.92. The molecule has 0 radical (unpaired) electrons. The van der Waals surface area contributed by atoms with E-state index in [1.165, 1.54) is 21.6 Å². The first-order valence-corrected chi connectivity index (χ1v) is 12.0. The van der Waals surface area contributed by atoms with Crippen molar-refractivity contribution in [3.8, 4) is 22.4 Å². The lowest BCUT2D eigenvalue weighted by molar-refractivity contribution is 0.0703. The Morgan fingerprint density at radius 1 is 1.23 bits per heavy atom. The van der Waals surface area contributed by atoms with Crippen molar-refractivity contribution in [3.63, 3.8) is 0 Å². The minimum atomic E-state index is -0.568. The number of hydrogen-bond acceptors (Lipinski definition) is 5. The topological polar surface area (TPSA) is 85.3 Å². The normalized spacial score (nSPS) is 14.7. The zero-order valence-corrected chi connectivity index (χ0v) is 20.7. The Morgan fingerprint density at radius 3 is 2.74 bits per heavy atom. The predicted octanol–water partition coefficient (Wildman–Crippen LogP) is 4.04. The number of nitrogens with zero attached hydrogens (tertiary/aromatic N) is 4. The molecule has 1 unspecified atom stereocenters. The van der Waals surface area contributed by atoms with Gasteiger partial charge in [0.2, 0.25) is 0 Å². The number of aliphatic hydroxyl groups is 1. The highest BCUT2D eigenvalue weighted by Crippen LogP contribution is 2.31. The van der Waals surface area contributed by atoms with E-state index in [0.717, 1.165) is 53.1 Å². The van der Waals surface area contributed by atoms with Crippen molar-refractivity contribution in [2.75, 3.05) is 27.2 Å². The lowest BCUT2D eigenvalue weighted by Crippen LogP contribution is -2.32. The summed E-state index contributed by atoms with van der Waals surface area (Å²) < 4.78 is 0. The van der Waals surface area contributed by atoms with Gasteiger partial charge < -0.3 is 19.9 Å². The highest BCUT2D eigenvalue weighted by Gasteiger charge is 2.18. The molecule has 1 aliphatic rings. The van der Waals surface area contributed by atoms with E-state index in [0.29, 0.717) is 12.1 Å². The van der Waals surface area contributed by atoms with E-state index in [2.05, 4.69) is 41.0 Å². The number of aryl methyl sites for hydroxylation is 1. The molecular weight excluding hydrogens is 438 g/mol. The van der Waals surface area contributed by atoms with Crippen LogP contribution in [0, 0.1) is 6.92 Å². The monoisotopic (exact) mass is 469 g/mol. The van der Waals surface area contributed by atoms with Crippen LogP contribution >= 0.6 is 0 Å². The van der Waals surface area contributed by atoms with Crippen LogP contribution in [0.3, 0.4) is 0 Å². The predicted molar refractivity (Wildman–Crippen MR) is 138 cm³/mol. The number of carbonyl (C=O) groups excluding carboxylic acids is 1. The van der Waals surface area contributed by atoms with Crippen LogP contribution in [-0.2, 0) is 13.0 Å². The number of nitrogens with one attached hydrogen (secondary N) is 1. The van der Waals surface area contributed by atoms with Crippen molar-refractivity contribution >= 4 is 17.1 Å². The molecule has 2 aromatic carbocycles. The van der Waals surface area contributed by atoms with Gasteiger partial charge in [0.05, 0.1) is 18.0 Å². The van der Waals surface area contributed by atoms with Gasteiger partial charge in [0.1, 0.15) is 5.52 Å².